The molecule has 3 aromatic heterocycles. The van der Waals surface area contributed by atoms with E-state index < -0.39 is 57.9 Å². The first-order chi connectivity index (χ1) is 28.9. The topological polar surface area (TPSA) is 147 Å². The number of carbonyl (C=O) groups is 2. The summed E-state index contributed by atoms with van der Waals surface area (Å²) in [7, 11) is 3.06. The lowest BCUT2D eigenvalue weighted by Gasteiger charge is -2.40. The molecule has 1 N–H and O–H groups in total. The number of anilines is 1. The molecule has 61 heavy (non-hydrogen) atoms. The van der Waals surface area contributed by atoms with Crippen molar-refractivity contribution in [3.05, 3.63) is 128 Å². The van der Waals surface area contributed by atoms with Crippen LogP contribution in [0.2, 0.25) is 0 Å². The normalized spacial score (nSPS) is 15.2. The Labute approximate surface area is 348 Å². The number of halogens is 3. The Morgan fingerprint density at radius 2 is 1.79 bits per heavy atom. The van der Waals surface area contributed by atoms with Crippen molar-refractivity contribution in [1.82, 2.24) is 24.4 Å². The summed E-state index contributed by atoms with van der Waals surface area (Å²) in [6, 6.07) is 12.6. The molecule has 1 amide bonds. The minimum absolute atomic E-state index is 0.0812. The van der Waals surface area contributed by atoms with Crippen LogP contribution in [0.4, 0.5) is 18.9 Å². The lowest BCUT2D eigenvalue weighted by atomic mass is 9.86. The number of carbonyl (C=O) groups excluding carboxylic acids is 2. The molecule has 0 saturated carbocycles. The lowest BCUT2D eigenvalue weighted by molar-refractivity contribution is -0.136. The minimum atomic E-state index is -3.16. The van der Waals surface area contributed by atoms with Crippen LogP contribution in [0.15, 0.2) is 88.8 Å². The van der Waals surface area contributed by atoms with Gasteiger partial charge in [-0.05, 0) is 72.0 Å². The van der Waals surface area contributed by atoms with Crippen molar-refractivity contribution in [2.24, 2.45) is 7.05 Å². The Bertz CT molecular complexity index is 2790. The van der Waals surface area contributed by atoms with Gasteiger partial charge in [0.2, 0.25) is 0 Å². The Hall–Kier alpha value is -6.55. The highest BCUT2D eigenvalue weighted by Crippen LogP contribution is 2.35. The van der Waals surface area contributed by atoms with Gasteiger partial charge in [-0.3, -0.25) is 24.1 Å². The van der Waals surface area contributed by atoms with E-state index >= 15 is 4.39 Å². The average molecular weight is 839 g/mol. The van der Waals surface area contributed by atoms with E-state index in [0.717, 1.165) is 23.1 Å². The predicted molar refractivity (Wildman–Crippen MR) is 224 cm³/mol. The summed E-state index contributed by atoms with van der Waals surface area (Å²) in [4.78, 5) is 65.8. The molecule has 4 heterocycles. The molecular formula is C45H45F3N6O7. The van der Waals surface area contributed by atoms with Crippen LogP contribution in [0, 0.1) is 12.7 Å². The number of hydrogen-bond acceptors (Lipinski definition) is 10. The maximum Gasteiger partial charge on any atom is 0.335 e. The number of aromatic nitrogens is 4. The first kappa shape index (κ1) is 42.6. The van der Waals surface area contributed by atoms with E-state index in [0.29, 0.717) is 22.2 Å². The van der Waals surface area contributed by atoms with Gasteiger partial charge in [0.25, 0.3) is 17.4 Å². The average Bonchev–Trinajstić information content (AvgIpc) is 3.22. The van der Waals surface area contributed by atoms with Crippen molar-refractivity contribution in [2.45, 2.75) is 64.5 Å². The molecule has 7 rings (SSSR count). The third kappa shape index (κ3) is 8.31. The van der Waals surface area contributed by atoms with E-state index in [1.807, 2.05) is 20.8 Å². The van der Waals surface area contributed by atoms with E-state index in [1.54, 1.807) is 36.4 Å². The van der Waals surface area contributed by atoms with E-state index in [4.69, 9.17) is 14.2 Å². The zero-order valence-electron chi connectivity index (χ0n) is 34.7. The number of esters is 1. The summed E-state index contributed by atoms with van der Waals surface area (Å²) in [5.74, 6) is -5.24. The number of pyridine rings is 2. The Balaban J connectivity index is 1.28. The Morgan fingerprint density at radius 1 is 1.02 bits per heavy atom. The molecular weight excluding hydrogens is 794 g/mol. The maximum atomic E-state index is 16.1. The fourth-order valence-electron chi connectivity index (χ4n) is 7.76. The van der Waals surface area contributed by atoms with Gasteiger partial charge in [-0.15, -0.1) is 0 Å². The van der Waals surface area contributed by atoms with Gasteiger partial charge in [0.05, 0.1) is 54.2 Å². The number of rotatable bonds is 10. The molecule has 1 aliphatic rings. The zero-order chi connectivity index (χ0) is 44.0. The van der Waals surface area contributed by atoms with Gasteiger partial charge in [-0.25, -0.2) is 27.3 Å². The molecule has 0 bridgehead atoms. The van der Waals surface area contributed by atoms with Gasteiger partial charge in [-0.1, -0.05) is 32.9 Å². The van der Waals surface area contributed by atoms with Crippen molar-refractivity contribution in [2.75, 3.05) is 31.8 Å². The second-order valence-corrected chi connectivity index (χ2v) is 16.1. The number of nitrogens with zero attached hydrogens (tertiary/aromatic N) is 5. The van der Waals surface area contributed by atoms with E-state index in [9.17, 15) is 28.0 Å². The number of alkyl halides is 2. The number of morpholine rings is 1. The van der Waals surface area contributed by atoms with Gasteiger partial charge in [0.1, 0.15) is 29.4 Å². The van der Waals surface area contributed by atoms with Gasteiger partial charge < -0.3 is 24.4 Å². The van der Waals surface area contributed by atoms with E-state index in [2.05, 4.69) is 15.3 Å². The molecule has 16 heteroatoms. The molecule has 0 spiro atoms. The summed E-state index contributed by atoms with van der Waals surface area (Å²) >= 11 is 0. The third-order valence-corrected chi connectivity index (χ3v) is 10.9. The largest absolute Gasteiger partial charge is 0.496 e. The summed E-state index contributed by atoms with van der Waals surface area (Å²) in [5.41, 5.74) is 0.292. The minimum Gasteiger partial charge on any atom is -0.496 e. The molecule has 13 nitrogen and oxygen atoms in total. The molecule has 3 aromatic carbocycles. The summed E-state index contributed by atoms with van der Waals surface area (Å²) in [5, 5.41) is 3.38. The fraction of sp³-hybridized carbons (Fsp3) is 0.333. The van der Waals surface area contributed by atoms with Gasteiger partial charge in [0, 0.05) is 56.0 Å². The molecule has 1 saturated heterocycles. The molecule has 6 aromatic rings. The van der Waals surface area contributed by atoms with Gasteiger partial charge in [-0.2, -0.15) is 0 Å². The Kier molecular flexibility index (Phi) is 11.5. The highest BCUT2D eigenvalue weighted by molar-refractivity contribution is 5.99. The maximum absolute atomic E-state index is 16.1. The Morgan fingerprint density at radius 3 is 2.49 bits per heavy atom. The number of amides is 1. The number of aryl methyl sites for hydroxylation is 2. The summed E-state index contributed by atoms with van der Waals surface area (Å²) < 4.78 is 64.3. The number of methoxy groups -OCH3 is 1. The van der Waals surface area contributed by atoms with Crippen LogP contribution in [-0.2, 0) is 28.4 Å². The molecule has 1 unspecified atom stereocenters. The standard InChI is InChI=1S/C45H45F3N6O7/c1-25-19-27(53-17-18-60-24-37(53)45(5,47)48)21-32(46)38(25)40(55)51-33(42(57)61-28-11-13-36(59-7)31(22-28)44(2,3)4)20-26-10-12-34(39-29(26)9-8-15-50-39)54-41(56)30-14-16-49-23-35(30)52(6)43(54)58/h8-16,19,21-23,33,37H,17-18,20,24H2,1-7H3,(H,51,55)/t33?,37-/m1/s1. The van der Waals surface area contributed by atoms with E-state index in [-0.39, 0.29) is 59.8 Å². The SMILES string of the molecule is COc1ccc(OC(=O)C(Cc2ccc(-n3c(=O)c4ccncc4n(C)c3=O)c3ncccc23)NC(=O)c2c(C)cc(N3CCOC[C@@H]3C(C)(F)F)cc2F)cc1C(C)(C)C. The van der Waals surface area contributed by atoms with Crippen molar-refractivity contribution in [1.29, 1.82) is 0 Å². The summed E-state index contributed by atoms with van der Waals surface area (Å²) in [6.07, 6.45) is 4.18. The van der Waals surface area contributed by atoms with Crippen LogP contribution >= 0.6 is 0 Å². The van der Waals surface area contributed by atoms with Crippen LogP contribution < -0.4 is 30.9 Å². The monoisotopic (exact) mass is 838 g/mol. The van der Waals surface area contributed by atoms with Crippen molar-refractivity contribution in [3.8, 4) is 17.2 Å². The molecule has 1 fully saturated rings. The number of ether oxygens (including phenoxy) is 3. The fourth-order valence-corrected chi connectivity index (χ4v) is 7.76. The highest BCUT2D eigenvalue weighted by atomic mass is 19.3. The van der Waals surface area contributed by atoms with Crippen molar-refractivity contribution < 1.29 is 37.0 Å². The number of benzene rings is 3. The number of fused-ring (bicyclic) bond motifs is 2. The zero-order valence-corrected chi connectivity index (χ0v) is 34.7. The molecule has 0 radical (unpaired) electrons. The van der Waals surface area contributed by atoms with Gasteiger partial charge >= 0.3 is 11.7 Å². The highest BCUT2D eigenvalue weighted by Gasteiger charge is 2.41. The van der Waals surface area contributed by atoms with Crippen molar-refractivity contribution >= 4 is 39.4 Å². The predicted octanol–water partition coefficient (Wildman–Crippen LogP) is 6.19. The molecule has 2 atom stereocenters. The van der Waals surface area contributed by atoms with E-state index in [1.165, 1.54) is 67.3 Å². The molecule has 318 valence electrons. The van der Waals surface area contributed by atoms with Crippen LogP contribution in [0.5, 0.6) is 11.5 Å². The van der Waals surface area contributed by atoms with Crippen molar-refractivity contribution in [3.63, 3.8) is 0 Å². The second-order valence-electron chi connectivity index (χ2n) is 16.1. The number of nitrogens with one attached hydrogen (secondary N) is 1. The molecule has 1 aliphatic heterocycles. The molecule has 0 aliphatic carbocycles. The van der Waals surface area contributed by atoms with Crippen LogP contribution in [0.25, 0.3) is 27.5 Å². The lowest BCUT2D eigenvalue weighted by Crippen LogP contribution is -2.54. The first-order valence-electron chi connectivity index (χ1n) is 19.5. The van der Waals surface area contributed by atoms with Gasteiger partial charge in [0.15, 0.2) is 0 Å². The second kappa shape index (κ2) is 16.5. The van der Waals surface area contributed by atoms with Crippen LogP contribution in [0.1, 0.15) is 54.7 Å². The van der Waals surface area contributed by atoms with Crippen LogP contribution in [0.3, 0.4) is 0 Å². The first-order valence-corrected chi connectivity index (χ1v) is 19.5. The third-order valence-electron chi connectivity index (χ3n) is 10.9. The summed E-state index contributed by atoms with van der Waals surface area (Å²) in [6.45, 7) is 8.13. The number of hydrogen-bond donors (Lipinski definition) is 1. The quantitative estimate of drug-likeness (QED) is 0.125. The van der Waals surface area contributed by atoms with Crippen LogP contribution in [-0.4, -0.2) is 75.9 Å². The smallest absolute Gasteiger partial charge is 0.335 e.